The van der Waals surface area contributed by atoms with E-state index in [0.29, 0.717) is 5.56 Å². The first-order valence-corrected chi connectivity index (χ1v) is 8.48. The molecule has 2 rings (SSSR count). The minimum atomic E-state index is -0.685. The first-order chi connectivity index (χ1) is 12.5. The SMILES string of the molecule is Cc1nn(CC(=O)OCC(=O)c2ccc(C(C)(C)C)cc2)c(C)c1[N+](=O)[O-]. The van der Waals surface area contributed by atoms with Crippen LogP contribution in [0.1, 0.15) is 48.1 Å². The van der Waals surface area contributed by atoms with Crippen LogP contribution in [0.2, 0.25) is 0 Å². The Balaban J connectivity index is 1.97. The number of nitrogens with zero attached hydrogens (tertiary/aromatic N) is 3. The van der Waals surface area contributed by atoms with E-state index in [2.05, 4.69) is 25.9 Å². The molecule has 0 aliphatic heterocycles. The van der Waals surface area contributed by atoms with Gasteiger partial charge in [0.15, 0.2) is 12.4 Å². The number of esters is 1. The molecule has 1 aromatic carbocycles. The summed E-state index contributed by atoms with van der Waals surface area (Å²) in [5.41, 5.74) is 1.90. The van der Waals surface area contributed by atoms with Gasteiger partial charge in [0.25, 0.3) is 0 Å². The molecule has 0 radical (unpaired) electrons. The van der Waals surface area contributed by atoms with Gasteiger partial charge in [-0.25, -0.2) is 0 Å². The Kier molecular flexibility index (Phi) is 5.78. The Hall–Kier alpha value is -3.03. The molecule has 0 aliphatic rings. The molecule has 0 saturated carbocycles. The van der Waals surface area contributed by atoms with E-state index in [1.807, 2.05) is 12.1 Å². The van der Waals surface area contributed by atoms with Crippen LogP contribution in [-0.4, -0.2) is 33.1 Å². The molecule has 0 spiro atoms. The third-order valence-electron chi connectivity index (χ3n) is 4.24. The third-order valence-corrected chi connectivity index (χ3v) is 4.24. The molecular weight excluding hydrogens is 350 g/mol. The van der Waals surface area contributed by atoms with Gasteiger partial charge >= 0.3 is 11.7 Å². The summed E-state index contributed by atoms with van der Waals surface area (Å²) in [6.45, 7) is 8.55. The predicted octanol–water partition coefficient (Wildman–Crippen LogP) is 3.13. The van der Waals surface area contributed by atoms with E-state index in [1.165, 1.54) is 18.5 Å². The number of nitro groups is 1. The van der Waals surface area contributed by atoms with Crippen molar-refractivity contribution in [2.75, 3.05) is 6.61 Å². The lowest BCUT2D eigenvalue weighted by Crippen LogP contribution is -2.20. The molecule has 144 valence electrons. The standard InChI is InChI=1S/C19H23N3O5/c1-12-18(22(25)26)13(2)21(20-12)10-17(24)27-11-16(23)14-6-8-15(9-7-14)19(3,4)5/h6-9H,10-11H2,1-5H3. The van der Waals surface area contributed by atoms with Crippen LogP contribution in [0.4, 0.5) is 5.69 Å². The number of aryl methyl sites for hydroxylation is 1. The van der Waals surface area contributed by atoms with Crippen molar-refractivity contribution in [3.8, 4) is 0 Å². The van der Waals surface area contributed by atoms with Gasteiger partial charge < -0.3 is 4.74 Å². The maximum atomic E-state index is 12.2. The van der Waals surface area contributed by atoms with Gasteiger partial charge in [-0.3, -0.25) is 24.4 Å². The second-order valence-corrected chi connectivity index (χ2v) is 7.35. The van der Waals surface area contributed by atoms with Gasteiger partial charge in [0.05, 0.1) is 4.92 Å². The first kappa shape index (κ1) is 20.3. The summed E-state index contributed by atoms with van der Waals surface area (Å²) >= 11 is 0. The molecule has 8 nitrogen and oxygen atoms in total. The second-order valence-electron chi connectivity index (χ2n) is 7.35. The quantitative estimate of drug-likeness (QED) is 0.333. The van der Waals surface area contributed by atoms with Gasteiger partial charge in [-0.1, -0.05) is 45.0 Å². The molecule has 1 heterocycles. The van der Waals surface area contributed by atoms with Crippen LogP contribution in [0, 0.1) is 24.0 Å². The van der Waals surface area contributed by atoms with Crippen LogP contribution < -0.4 is 0 Å². The van der Waals surface area contributed by atoms with E-state index in [1.54, 1.807) is 12.1 Å². The maximum Gasteiger partial charge on any atom is 0.328 e. The lowest BCUT2D eigenvalue weighted by Gasteiger charge is -2.18. The fourth-order valence-corrected chi connectivity index (χ4v) is 2.66. The fourth-order valence-electron chi connectivity index (χ4n) is 2.66. The monoisotopic (exact) mass is 373 g/mol. The van der Waals surface area contributed by atoms with Gasteiger partial charge in [-0.05, 0) is 24.8 Å². The highest BCUT2D eigenvalue weighted by atomic mass is 16.6. The molecule has 0 amide bonds. The minimum Gasteiger partial charge on any atom is -0.456 e. The molecule has 0 bridgehead atoms. The van der Waals surface area contributed by atoms with Crippen molar-refractivity contribution in [3.05, 3.63) is 56.9 Å². The van der Waals surface area contributed by atoms with E-state index >= 15 is 0 Å². The number of ketones is 1. The van der Waals surface area contributed by atoms with E-state index < -0.39 is 17.5 Å². The van der Waals surface area contributed by atoms with Crippen LogP contribution in [0.25, 0.3) is 0 Å². The molecule has 1 aromatic heterocycles. The summed E-state index contributed by atoms with van der Waals surface area (Å²) in [5.74, 6) is -1.00. The largest absolute Gasteiger partial charge is 0.456 e. The highest BCUT2D eigenvalue weighted by molar-refractivity contribution is 5.97. The van der Waals surface area contributed by atoms with Crippen molar-refractivity contribution in [2.45, 2.75) is 46.6 Å². The third kappa shape index (κ3) is 4.78. The van der Waals surface area contributed by atoms with Crippen molar-refractivity contribution >= 4 is 17.4 Å². The number of carbonyl (C=O) groups excluding carboxylic acids is 2. The zero-order valence-electron chi connectivity index (χ0n) is 16.1. The number of ether oxygens (including phenoxy) is 1. The maximum absolute atomic E-state index is 12.2. The number of hydrogen-bond donors (Lipinski definition) is 0. The second kappa shape index (κ2) is 7.69. The lowest BCUT2D eigenvalue weighted by molar-refractivity contribution is -0.386. The molecule has 0 saturated heterocycles. The number of carbonyl (C=O) groups is 2. The average molecular weight is 373 g/mol. The Labute approximate surface area is 157 Å². The van der Waals surface area contributed by atoms with Crippen LogP contribution >= 0.6 is 0 Å². The van der Waals surface area contributed by atoms with Gasteiger partial charge in [-0.2, -0.15) is 5.10 Å². The lowest BCUT2D eigenvalue weighted by atomic mass is 9.86. The summed E-state index contributed by atoms with van der Waals surface area (Å²) in [6, 6.07) is 7.18. The average Bonchev–Trinajstić information content (AvgIpc) is 2.85. The van der Waals surface area contributed by atoms with Crippen LogP contribution in [0.5, 0.6) is 0 Å². The Morgan fingerprint density at radius 1 is 1.19 bits per heavy atom. The van der Waals surface area contributed by atoms with Crippen molar-refractivity contribution in [1.82, 2.24) is 9.78 Å². The summed E-state index contributed by atoms with van der Waals surface area (Å²) in [4.78, 5) is 34.6. The molecule has 2 aromatic rings. The molecule has 27 heavy (non-hydrogen) atoms. The van der Waals surface area contributed by atoms with E-state index in [0.717, 1.165) is 5.56 Å². The highest BCUT2D eigenvalue weighted by Crippen LogP contribution is 2.23. The van der Waals surface area contributed by atoms with Gasteiger partial charge in [0.2, 0.25) is 0 Å². The molecule has 8 heteroatoms. The topological polar surface area (TPSA) is 104 Å². The number of Topliss-reactive ketones (excluding diaryl/α,β-unsaturated/α-hetero) is 1. The van der Waals surface area contributed by atoms with Crippen LogP contribution in [-0.2, 0) is 21.5 Å². The fraction of sp³-hybridized carbons (Fsp3) is 0.421. The molecule has 0 atom stereocenters. The van der Waals surface area contributed by atoms with Gasteiger partial charge in [-0.15, -0.1) is 0 Å². The van der Waals surface area contributed by atoms with E-state index in [-0.39, 0.29) is 34.8 Å². The predicted molar refractivity (Wildman–Crippen MR) is 98.8 cm³/mol. The zero-order valence-corrected chi connectivity index (χ0v) is 16.1. The molecular formula is C19H23N3O5. The van der Waals surface area contributed by atoms with Gasteiger partial charge in [0.1, 0.15) is 17.9 Å². The van der Waals surface area contributed by atoms with E-state index in [9.17, 15) is 19.7 Å². The minimum absolute atomic E-state index is 0.0175. The number of rotatable bonds is 6. The number of hydrogen-bond acceptors (Lipinski definition) is 6. The Bertz CT molecular complexity index is 876. The molecule has 0 unspecified atom stereocenters. The number of benzene rings is 1. The first-order valence-electron chi connectivity index (χ1n) is 8.48. The summed E-state index contributed by atoms with van der Waals surface area (Å²) in [5, 5.41) is 15.0. The van der Waals surface area contributed by atoms with Crippen LogP contribution in [0.15, 0.2) is 24.3 Å². The van der Waals surface area contributed by atoms with Crippen molar-refractivity contribution in [1.29, 1.82) is 0 Å². The van der Waals surface area contributed by atoms with E-state index in [4.69, 9.17) is 4.74 Å². The van der Waals surface area contributed by atoms with Crippen molar-refractivity contribution < 1.29 is 19.2 Å². The Morgan fingerprint density at radius 2 is 1.78 bits per heavy atom. The van der Waals surface area contributed by atoms with Crippen LogP contribution in [0.3, 0.4) is 0 Å². The molecule has 0 aliphatic carbocycles. The Morgan fingerprint density at radius 3 is 2.26 bits per heavy atom. The normalized spacial score (nSPS) is 11.3. The number of aromatic nitrogens is 2. The van der Waals surface area contributed by atoms with Gasteiger partial charge in [0, 0.05) is 5.56 Å². The molecule has 0 N–H and O–H groups in total. The summed E-state index contributed by atoms with van der Waals surface area (Å²) in [7, 11) is 0. The smallest absolute Gasteiger partial charge is 0.328 e. The summed E-state index contributed by atoms with van der Waals surface area (Å²) < 4.78 is 6.21. The van der Waals surface area contributed by atoms with Crippen molar-refractivity contribution in [2.24, 2.45) is 0 Å². The van der Waals surface area contributed by atoms with Crippen molar-refractivity contribution in [3.63, 3.8) is 0 Å². The zero-order chi connectivity index (χ0) is 20.4. The molecule has 0 fully saturated rings. The highest BCUT2D eigenvalue weighted by Gasteiger charge is 2.23. The summed E-state index contributed by atoms with van der Waals surface area (Å²) in [6.07, 6.45) is 0.